The van der Waals surface area contributed by atoms with Gasteiger partial charge in [-0.15, -0.1) is 0 Å². The summed E-state index contributed by atoms with van der Waals surface area (Å²) < 4.78 is 6.19. The molecule has 0 unspecified atom stereocenters. The van der Waals surface area contributed by atoms with Crippen molar-refractivity contribution in [2.24, 2.45) is 0 Å². The third kappa shape index (κ3) is 5.08. The number of ether oxygens (including phenoxy) is 1. The molecule has 0 aliphatic heterocycles. The van der Waals surface area contributed by atoms with Crippen LogP contribution in [0.25, 0.3) is 0 Å². The monoisotopic (exact) mass is 348 g/mol. The van der Waals surface area contributed by atoms with E-state index in [9.17, 15) is 9.59 Å². The van der Waals surface area contributed by atoms with Crippen LogP contribution in [0.3, 0.4) is 0 Å². The van der Waals surface area contributed by atoms with Crippen molar-refractivity contribution in [2.75, 3.05) is 20.2 Å². The zero-order valence-electron chi connectivity index (χ0n) is 10.5. The quantitative estimate of drug-likeness (QED) is 0.849. The summed E-state index contributed by atoms with van der Waals surface area (Å²) in [5.41, 5.74) is 0.818. The Bertz CT molecular complexity index is 471. The maximum absolute atomic E-state index is 11.5. The molecule has 0 radical (unpaired) electrons. The van der Waals surface area contributed by atoms with Gasteiger partial charge in [-0.05, 0) is 24.6 Å². The molecule has 0 atom stereocenters. The van der Waals surface area contributed by atoms with Crippen LogP contribution in [0.2, 0.25) is 5.02 Å². The number of hydrogen-bond acceptors (Lipinski definition) is 3. The van der Waals surface area contributed by atoms with Gasteiger partial charge in [0, 0.05) is 11.5 Å². The average molecular weight is 350 g/mol. The minimum absolute atomic E-state index is 0.0776. The molecule has 5 nitrogen and oxygen atoms in total. The van der Waals surface area contributed by atoms with Crippen molar-refractivity contribution < 1.29 is 14.3 Å². The first-order chi connectivity index (χ1) is 8.93. The van der Waals surface area contributed by atoms with E-state index in [1.165, 1.54) is 7.05 Å². The number of halogens is 2. The summed E-state index contributed by atoms with van der Waals surface area (Å²) in [7, 11) is 1.50. The Morgan fingerprint density at radius 2 is 2.05 bits per heavy atom. The van der Waals surface area contributed by atoms with Crippen LogP contribution in [0.5, 0.6) is 5.75 Å². The van der Waals surface area contributed by atoms with Crippen LogP contribution in [-0.4, -0.2) is 32.0 Å². The van der Waals surface area contributed by atoms with Gasteiger partial charge >= 0.3 is 0 Å². The Hall–Kier alpha value is -1.27. The van der Waals surface area contributed by atoms with Crippen molar-refractivity contribution in [3.63, 3.8) is 0 Å². The average Bonchev–Trinajstić information content (AvgIpc) is 2.34. The number of likely N-dealkylation sites (N-methyl/N-ethyl adjacent to an activating group) is 1. The number of amides is 2. The van der Waals surface area contributed by atoms with Crippen LogP contribution in [0.1, 0.15) is 5.56 Å². The summed E-state index contributed by atoms with van der Waals surface area (Å²) in [4.78, 5) is 22.4. The number of benzene rings is 1. The Morgan fingerprint density at radius 3 is 2.63 bits per heavy atom. The molecule has 0 fully saturated rings. The van der Waals surface area contributed by atoms with Crippen molar-refractivity contribution in [1.82, 2.24) is 10.6 Å². The summed E-state index contributed by atoms with van der Waals surface area (Å²) in [6.45, 7) is 1.55. The highest BCUT2D eigenvalue weighted by Gasteiger charge is 2.10. The lowest BCUT2D eigenvalue weighted by Gasteiger charge is -2.11. The third-order valence-electron chi connectivity index (χ3n) is 2.27. The molecule has 0 saturated carbocycles. The van der Waals surface area contributed by atoms with E-state index in [1.807, 2.05) is 13.0 Å². The second-order valence-corrected chi connectivity index (χ2v) is 5.10. The van der Waals surface area contributed by atoms with Crippen LogP contribution in [0.15, 0.2) is 16.6 Å². The molecule has 0 aliphatic rings. The molecule has 1 rings (SSSR count). The zero-order valence-corrected chi connectivity index (χ0v) is 12.9. The normalized spacial score (nSPS) is 9.89. The van der Waals surface area contributed by atoms with Crippen molar-refractivity contribution in [1.29, 1.82) is 0 Å². The van der Waals surface area contributed by atoms with Gasteiger partial charge in [0.1, 0.15) is 5.75 Å². The number of hydrogen-bond donors (Lipinski definition) is 2. The molecule has 0 aromatic heterocycles. The van der Waals surface area contributed by atoms with Gasteiger partial charge in [-0.2, -0.15) is 0 Å². The smallest absolute Gasteiger partial charge is 0.258 e. The van der Waals surface area contributed by atoms with E-state index in [1.54, 1.807) is 6.07 Å². The highest BCUT2D eigenvalue weighted by Crippen LogP contribution is 2.31. The molecule has 2 N–H and O–H groups in total. The Labute approximate surface area is 124 Å². The molecule has 0 bridgehead atoms. The molecular formula is C12H14BrClN2O3. The third-order valence-corrected chi connectivity index (χ3v) is 3.01. The lowest BCUT2D eigenvalue weighted by molar-refractivity contribution is -0.127. The first-order valence-corrected chi connectivity index (χ1v) is 6.67. The predicted molar refractivity (Wildman–Crippen MR) is 76.5 cm³/mol. The van der Waals surface area contributed by atoms with Crippen molar-refractivity contribution in [2.45, 2.75) is 6.92 Å². The zero-order chi connectivity index (χ0) is 14.4. The van der Waals surface area contributed by atoms with Gasteiger partial charge in [0.2, 0.25) is 5.91 Å². The van der Waals surface area contributed by atoms with Crippen LogP contribution in [0, 0.1) is 6.92 Å². The lowest BCUT2D eigenvalue weighted by Crippen LogP contribution is -2.37. The summed E-state index contributed by atoms with van der Waals surface area (Å²) in [5.74, 6) is -0.201. The maximum atomic E-state index is 11.5. The highest BCUT2D eigenvalue weighted by atomic mass is 79.9. The second-order valence-electron chi connectivity index (χ2n) is 3.77. The fourth-order valence-corrected chi connectivity index (χ4v) is 2.35. The van der Waals surface area contributed by atoms with Gasteiger partial charge < -0.3 is 15.4 Å². The van der Waals surface area contributed by atoms with Crippen molar-refractivity contribution in [3.05, 3.63) is 27.2 Å². The summed E-state index contributed by atoms with van der Waals surface area (Å²) in [6, 6.07) is 3.52. The van der Waals surface area contributed by atoms with Gasteiger partial charge in [0.15, 0.2) is 6.61 Å². The Kier molecular flexibility index (Phi) is 6.11. The number of carbonyl (C=O) groups excluding carboxylic acids is 2. The molecular weight excluding hydrogens is 336 g/mol. The van der Waals surface area contributed by atoms with E-state index in [0.717, 1.165) is 10.0 Å². The van der Waals surface area contributed by atoms with Gasteiger partial charge in [-0.3, -0.25) is 9.59 Å². The molecule has 2 amide bonds. The number of rotatable bonds is 5. The summed E-state index contributed by atoms with van der Waals surface area (Å²) >= 11 is 9.33. The van der Waals surface area contributed by atoms with Gasteiger partial charge in [0.25, 0.3) is 5.91 Å². The van der Waals surface area contributed by atoms with E-state index < -0.39 is 0 Å². The van der Waals surface area contributed by atoms with Gasteiger partial charge in [0.05, 0.1) is 11.6 Å². The van der Waals surface area contributed by atoms with E-state index in [-0.39, 0.29) is 25.0 Å². The molecule has 7 heteroatoms. The van der Waals surface area contributed by atoms with Crippen LogP contribution in [0.4, 0.5) is 0 Å². The topological polar surface area (TPSA) is 67.4 Å². The molecule has 0 saturated heterocycles. The van der Waals surface area contributed by atoms with Crippen LogP contribution in [-0.2, 0) is 9.59 Å². The number of carbonyl (C=O) groups is 2. The summed E-state index contributed by atoms with van der Waals surface area (Å²) in [6.07, 6.45) is 0. The molecule has 0 heterocycles. The number of nitrogens with one attached hydrogen (secondary N) is 2. The highest BCUT2D eigenvalue weighted by molar-refractivity contribution is 9.10. The first-order valence-electron chi connectivity index (χ1n) is 5.49. The first kappa shape index (κ1) is 15.8. The minimum atomic E-state index is -0.387. The van der Waals surface area contributed by atoms with E-state index >= 15 is 0 Å². The van der Waals surface area contributed by atoms with E-state index in [4.69, 9.17) is 16.3 Å². The predicted octanol–water partition coefficient (Wildman–Crippen LogP) is 1.65. The lowest BCUT2D eigenvalue weighted by atomic mass is 10.2. The molecule has 1 aromatic rings. The van der Waals surface area contributed by atoms with Gasteiger partial charge in [-0.25, -0.2) is 0 Å². The molecule has 0 spiro atoms. The largest absolute Gasteiger partial charge is 0.482 e. The molecule has 104 valence electrons. The second kappa shape index (κ2) is 7.35. The fraction of sp³-hybridized carbons (Fsp3) is 0.333. The van der Waals surface area contributed by atoms with E-state index in [2.05, 4.69) is 26.6 Å². The Morgan fingerprint density at radius 1 is 1.37 bits per heavy atom. The molecule has 19 heavy (non-hydrogen) atoms. The maximum Gasteiger partial charge on any atom is 0.258 e. The van der Waals surface area contributed by atoms with Crippen molar-refractivity contribution in [3.8, 4) is 5.75 Å². The van der Waals surface area contributed by atoms with Gasteiger partial charge in [-0.1, -0.05) is 27.5 Å². The number of aryl methyl sites for hydroxylation is 1. The minimum Gasteiger partial charge on any atom is -0.482 e. The van der Waals surface area contributed by atoms with E-state index in [0.29, 0.717) is 10.8 Å². The summed E-state index contributed by atoms with van der Waals surface area (Å²) in [5, 5.41) is 5.25. The standard InChI is InChI=1S/C12H14BrClN2O3/c1-7-3-8(13)4-9(14)12(7)19-6-11(18)16-5-10(17)15-2/h3-4H,5-6H2,1-2H3,(H,15,17)(H,16,18). The SMILES string of the molecule is CNC(=O)CNC(=O)COc1c(C)cc(Br)cc1Cl. The molecule has 0 aliphatic carbocycles. The molecule has 1 aromatic carbocycles. The fourth-order valence-electron chi connectivity index (χ4n) is 1.33. The Balaban J connectivity index is 2.53. The van der Waals surface area contributed by atoms with Crippen molar-refractivity contribution >= 4 is 39.3 Å². The van der Waals surface area contributed by atoms with Crippen LogP contribution < -0.4 is 15.4 Å². The van der Waals surface area contributed by atoms with Crippen LogP contribution >= 0.6 is 27.5 Å².